The summed E-state index contributed by atoms with van der Waals surface area (Å²) in [5, 5.41) is 0.795. The molecule has 3 heterocycles. The van der Waals surface area contributed by atoms with Crippen LogP contribution in [0.4, 0.5) is 0 Å². The largest absolute Gasteiger partial charge is 0.470 e. The van der Waals surface area contributed by atoms with Crippen molar-refractivity contribution >= 4 is 11.3 Å². The molecule has 0 radical (unpaired) electrons. The normalized spacial score (nSPS) is 18.7. The van der Waals surface area contributed by atoms with Crippen molar-refractivity contribution < 1.29 is 4.74 Å². The van der Waals surface area contributed by atoms with Crippen LogP contribution in [0.1, 0.15) is 41.6 Å². The monoisotopic (exact) mass is 345 g/mol. The van der Waals surface area contributed by atoms with Gasteiger partial charge < -0.3 is 4.74 Å². The highest BCUT2D eigenvalue weighted by Crippen LogP contribution is 2.26. The minimum Gasteiger partial charge on any atom is -0.470 e. The fourth-order valence-corrected chi connectivity index (χ4v) is 4.47. The lowest BCUT2D eigenvalue weighted by Gasteiger charge is -2.32. The predicted octanol–water partition coefficient (Wildman–Crippen LogP) is 4.01. The van der Waals surface area contributed by atoms with Crippen molar-refractivity contribution in [3.8, 4) is 5.19 Å². The first kappa shape index (κ1) is 17.4. The molecular weight excluding hydrogens is 318 g/mol. The standard InChI is InChI=1S/C19H27N3OS/c1-4-23-19-20-11-18(24-19)13-22-7-5-6-16(12-22)10-17-8-14(2)21-15(3)9-17/h8-9,11,16H,4-7,10,12-13H2,1-3H3/t16-/m1/s1. The lowest BCUT2D eigenvalue weighted by molar-refractivity contribution is 0.168. The van der Waals surface area contributed by atoms with Crippen molar-refractivity contribution in [2.75, 3.05) is 19.7 Å². The molecule has 0 aromatic carbocycles. The fourth-order valence-electron chi connectivity index (χ4n) is 3.61. The SMILES string of the molecule is CCOc1ncc(CN2CCC[C@H](Cc3cc(C)nc(C)c3)C2)s1. The van der Waals surface area contributed by atoms with Gasteiger partial charge in [-0.2, -0.15) is 0 Å². The van der Waals surface area contributed by atoms with Gasteiger partial charge in [0.05, 0.1) is 6.61 Å². The number of aryl methyl sites for hydroxylation is 2. The number of hydrogen-bond acceptors (Lipinski definition) is 5. The van der Waals surface area contributed by atoms with Gasteiger partial charge in [-0.15, -0.1) is 0 Å². The highest BCUT2D eigenvalue weighted by atomic mass is 32.1. The Morgan fingerprint density at radius 2 is 2.08 bits per heavy atom. The fraction of sp³-hybridized carbons (Fsp3) is 0.579. The zero-order valence-electron chi connectivity index (χ0n) is 14.9. The Morgan fingerprint density at radius 3 is 2.83 bits per heavy atom. The maximum absolute atomic E-state index is 5.48. The molecule has 24 heavy (non-hydrogen) atoms. The van der Waals surface area contributed by atoms with Crippen LogP contribution in [0.15, 0.2) is 18.3 Å². The van der Waals surface area contributed by atoms with E-state index in [9.17, 15) is 0 Å². The number of piperidine rings is 1. The molecule has 1 saturated heterocycles. The maximum atomic E-state index is 5.48. The van der Waals surface area contributed by atoms with Gasteiger partial charge in [0, 0.05) is 35.6 Å². The molecule has 0 amide bonds. The van der Waals surface area contributed by atoms with Crippen LogP contribution in [0.3, 0.4) is 0 Å². The van der Waals surface area contributed by atoms with E-state index in [4.69, 9.17) is 4.74 Å². The maximum Gasteiger partial charge on any atom is 0.273 e. The van der Waals surface area contributed by atoms with E-state index in [-0.39, 0.29) is 0 Å². The van der Waals surface area contributed by atoms with E-state index in [1.807, 2.05) is 13.1 Å². The molecule has 1 aliphatic heterocycles. The minimum absolute atomic E-state index is 0.684. The Balaban J connectivity index is 1.57. The molecule has 130 valence electrons. The van der Waals surface area contributed by atoms with Gasteiger partial charge in [0.1, 0.15) is 0 Å². The number of pyridine rings is 1. The van der Waals surface area contributed by atoms with E-state index in [1.54, 1.807) is 11.3 Å². The van der Waals surface area contributed by atoms with E-state index < -0.39 is 0 Å². The number of likely N-dealkylation sites (tertiary alicyclic amines) is 1. The highest BCUT2D eigenvalue weighted by molar-refractivity contribution is 7.13. The number of aromatic nitrogens is 2. The van der Waals surface area contributed by atoms with Crippen LogP contribution in [0.2, 0.25) is 0 Å². The van der Waals surface area contributed by atoms with Crippen molar-refractivity contribution in [2.24, 2.45) is 5.92 Å². The molecular formula is C19H27N3OS. The summed E-state index contributed by atoms with van der Waals surface area (Å²) in [6.07, 6.45) is 5.73. The van der Waals surface area contributed by atoms with E-state index in [0.717, 1.165) is 35.5 Å². The first-order chi connectivity index (χ1) is 11.6. The smallest absolute Gasteiger partial charge is 0.273 e. The molecule has 1 fully saturated rings. The van der Waals surface area contributed by atoms with E-state index in [1.165, 1.54) is 36.4 Å². The van der Waals surface area contributed by atoms with E-state index in [0.29, 0.717) is 6.61 Å². The quantitative estimate of drug-likeness (QED) is 0.793. The lowest BCUT2D eigenvalue weighted by Crippen LogP contribution is -2.35. The first-order valence-corrected chi connectivity index (χ1v) is 9.68. The van der Waals surface area contributed by atoms with Gasteiger partial charge >= 0.3 is 0 Å². The summed E-state index contributed by atoms with van der Waals surface area (Å²) in [6.45, 7) is 10.2. The van der Waals surface area contributed by atoms with Crippen molar-refractivity contribution in [3.63, 3.8) is 0 Å². The molecule has 5 heteroatoms. The van der Waals surface area contributed by atoms with Crippen molar-refractivity contribution in [3.05, 3.63) is 40.2 Å². The van der Waals surface area contributed by atoms with E-state index >= 15 is 0 Å². The predicted molar refractivity (Wildman–Crippen MR) is 98.7 cm³/mol. The third-order valence-corrected chi connectivity index (χ3v) is 5.34. The summed E-state index contributed by atoms with van der Waals surface area (Å²) in [4.78, 5) is 12.7. The molecule has 1 aliphatic rings. The van der Waals surface area contributed by atoms with Gasteiger partial charge in [0.15, 0.2) is 0 Å². The number of ether oxygens (including phenoxy) is 1. The lowest BCUT2D eigenvalue weighted by atomic mass is 9.91. The summed E-state index contributed by atoms with van der Waals surface area (Å²) in [6, 6.07) is 4.48. The Bertz CT molecular complexity index is 650. The number of nitrogens with zero attached hydrogens (tertiary/aromatic N) is 3. The van der Waals surface area contributed by atoms with Gasteiger partial charge in [0.2, 0.25) is 0 Å². The summed E-state index contributed by atoms with van der Waals surface area (Å²) < 4.78 is 5.48. The molecule has 0 saturated carbocycles. The molecule has 0 aliphatic carbocycles. The molecule has 0 bridgehead atoms. The second-order valence-corrected chi connectivity index (χ2v) is 7.81. The number of rotatable bonds is 6. The van der Waals surface area contributed by atoms with Crippen LogP contribution in [0.5, 0.6) is 5.19 Å². The molecule has 2 aromatic heterocycles. The topological polar surface area (TPSA) is 38.2 Å². The molecule has 3 rings (SSSR count). The molecule has 1 atom stereocenters. The highest BCUT2D eigenvalue weighted by Gasteiger charge is 2.21. The Hall–Kier alpha value is -1.46. The van der Waals surface area contributed by atoms with Gasteiger partial charge in [-0.3, -0.25) is 9.88 Å². The summed E-state index contributed by atoms with van der Waals surface area (Å²) in [5.74, 6) is 0.735. The third-order valence-electron chi connectivity index (χ3n) is 4.45. The van der Waals surface area contributed by atoms with Crippen molar-refractivity contribution in [1.29, 1.82) is 0 Å². The van der Waals surface area contributed by atoms with Crippen LogP contribution < -0.4 is 4.74 Å². The van der Waals surface area contributed by atoms with Gasteiger partial charge in [0.25, 0.3) is 5.19 Å². The molecule has 0 unspecified atom stereocenters. The second-order valence-electron chi connectivity index (χ2n) is 6.73. The first-order valence-electron chi connectivity index (χ1n) is 8.86. The molecule has 0 N–H and O–H groups in total. The summed E-state index contributed by atoms with van der Waals surface area (Å²) >= 11 is 1.68. The zero-order chi connectivity index (χ0) is 16.9. The zero-order valence-corrected chi connectivity index (χ0v) is 15.7. The Kier molecular flexibility index (Phi) is 5.85. The minimum atomic E-state index is 0.684. The summed E-state index contributed by atoms with van der Waals surface area (Å²) in [5.41, 5.74) is 3.69. The van der Waals surface area contributed by atoms with Gasteiger partial charge in [-0.05, 0) is 70.2 Å². The average molecular weight is 346 g/mol. The van der Waals surface area contributed by atoms with Crippen LogP contribution >= 0.6 is 11.3 Å². The molecule has 4 nitrogen and oxygen atoms in total. The van der Waals surface area contributed by atoms with Crippen LogP contribution in [0, 0.1) is 19.8 Å². The third kappa shape index (κ3) is 4.77. The van der Waals surface area contributed by atoms with Gasteiger partial charge in [-0.25, -0.2) is 4.98 Å². The molecule has 0 spiro atoms. The number of thiazole rings is 1. The van der Waals surface area contributed by atoms with Crippen molar-refractivity contribution in [2.45, 2.75) is 46.6 Å². The van der Waals surface area contributed by atoms with E-state index in [2.05, 4.69) is 40.8 Å². The summed E-state index contributed by atoms with van der Waals surface area (Å²) in [7, 11) is 0. The second kappa shape index (κ2) is 8.08. The molecule has 2 aromatic rings. The van der Waals surface area contributed by atoms with Crippen molar-refractivity contribution in [1.82, 2.24) is 14.9 Å². The van der Waals surface area contributed by atoms with Crippen LogP contribution in [-0.4, -0.2) is 34.6 Å². The van der Waals surface area contributed by atoms with Gasteiger partial charge in [-0.1, -0.05) is 11.3 Å². The Morgan fingerprint density at radius 1 is 1.29 bits per heavy atom. The Labute approximate surface area is 148 Å². The van der Waals surface area contributed by atoms with Crippen LogP contribution in [-0.2, 0) is 13.0 Å². The average Bonchev–Trinajstić information content (AvgIpc) is 2.94. The van der Waals surface area contributed by atoms with Crippen LogP contribution in [0.25, 0.3) is 0 Å². The number of hydrogen-bond donors (Lipinski definition) is 0.